The van der Waals surface area contributed by atoms with E-state index in [-0.39, 0.29) is 18.8 Å². The molecule has 0 aromatic carbocycles. The van der Waals surface area contributed by atoms with Crippen molar-refractivity contribution < 1.29 is 34.2 Å². The van der Waals surface area contributed by atoms with Gasteiger partial charge in [0.2, 0.25) is 23.6 Å². The maximum Gasteiger partial charge on any atom is 0.328 e. The second-order valence-electron chi connectivity index (χ2n) is 6.66. The third-order valence-electron chi connectivity index (χ3n) is 3.61. The third kappa shape index (κ3) is 10.4. The lowest BCUT2D eigenvalue weighted by atomic mass is 10.0. The van der Waals surface area contributed by atoms with Crippen molar-refractivity contribution >= 4 is 29.6 Å². The first kappa shape index (κ1) is 25.3. The summed E-state index contributed by atoms with van der Waals surface area (Å²) in [6.07, 6.45) is 0.100. The van der Waals surface area contributed by atoms with Crippen molar-refractivity contribution in [1.29, 1.82) is 0 Å². The molecule has 0 saturated carbocycles. The molecule has 0 spiro atoms. The Morgan fingerprint density at radius 2 is 1.61 bits per heavy atom. The van der Waals surface area contributed by atoms with E-state index in [4.69, 9.17) is 21.7 Å². The predicted octanol–water partition coefficient (Wildman–Crippen LogP) is -3.21. The molecule has 12 heteroatoms. The van der Waals surface area contributed by atoms with Crippen LogP contribution in [0.5, 0.6) is 0 Å². The van der Waals surface area contributed by atoms with Gasteiger partial charge in [0.15, 0.2) is 0 Å². The molecule has 0 bridgehead atoms. The molecule has 0 aromatic rings. The number of primary amides is 1. The minimum atomic E-state index is -1.51. The van der Waals surface area contributed by atoms with E-state index >= 15 is 0 Å². The van der Waals surface area contributed by atoms with Gasteiger partial charge in [-0.3, -0.25) is 19.2 Å². The summed E-state index contributed by atoms with van der Waals surface area (Å²) in [5.74, 6) is -4.18. The van der Waals surface area contributed by atoms with Crippen molar-refractivity contribution in [3.05, 3.63) is 0 Å². The van der Waals surface area contributed by atoms with Gasteiger partial charge in [-0.1, -0.05) is 13.8 Å². The van der Waals surface area contributed by atoms with Crippen LogP contribution >= 0.6 is 0 Å². The van der Waals surface area contributed by atoms with E-state index in [2.05, 4.69) is 10.6 Å². The Morgan fingerprint density at radius 1 is 1.00 bits per heavy atom. The van der Waals surface area contributed by atoms with Crippen molar-refractivity contribution in [2.24, 2.45) is 17.4 Å². The Kier molecular flexibility index (Phi) is 11.4. The fourth-order valence-electron chi connectivity index (χ4n) is 2.17. The van der Waals surface area contributed by atoms with Crippen LogP contribution in [0.4, 0.5) is 0 Å². The van der Waals surface area contributed by atoms with Gasteiger partial charge >= 0.3 is 5.97 Å². The lowest BCUT2D eigenvalue weighted by Gasteiger charge is -2.21. The molecule has 28 heavy (non-hydrogen) atoms. The number of nitrogens with one attached hydrogen (secondary N) is 3. The van der Waals surface area contributed by atoms with Gasteiger partial charge in [-0.15, -0.1) is 0 Å². The zero-order valence-corrected chi connectivity index (χ0v) is 15.9. The molecule has 3 atom stereocenters. The fourth-order valence-corrected chi connectivity index (χ4v) is 2.17. The van der Waals surface area contributed by atoms with Crippen LogP contribution in [0.1, 0.15) is 33.1 Å². The standard InChI is InChI=1S/C16H29N5O7/c1-8(2)5-9(17)14(25)21-10(3-4-12(18)23)15(26)19-6-13(24)20-11(7-22)16(27)28/h8-11,22H,3-7,17H2,1-2H3,(H2,18,23)(H,19,26)(H,20,24)(H,21,25)(H,27,28). The number of carboxylic acid groups (broad SMARTS) is 1. The van der Waals surface area contributed by atoms with Crippen molar-refractivity contribution in [3.8, 4) is 0 Å². The van der Waals surface area contributed by atoms with Crippen LogP contribution in [0.3, 0.4) is 0 Å². The fraction of sp³-hybridized carbons (Fsp3) is 0.688. The summed E-state index contributed by atoms with van der Waals surface area (Å²) in [4.78, 5) is 57.8. The molecule has 12 nitrogen and oxygen atoms in total. The van der Waals surface area contributed by atoms with E-state index in [1.165, 1.54) is 0 Å². The first-order chi connectivity index (χ1) is 13.0. The summed E-state index contributed by atoms with van der Waals surface area (Å²) >= 11 is 0. The molecule has 0 aliphatic carbocycles. The summed E-state index contributed by atoms with van der Waals surface area (Å²) < 4.78 is 0. The quantitative estimate of drug-likeness (QED) is 0.166. The number of hydrogen-bond acceptors (Lipinski definition) is 7. The van der Waals surface area contributed by atoms with Crippen LogP contribution < -0.4 is 27.4 Å². The Bertz CT molecular complexity index is 582. The maximum absolute atomic E-state index is 12.3. The lowest BCUT2D eigenvalue weighted by molar-refractivity contribution is -0.142. The number of carbonyl (C=O) groups is 5. The number of amides is 4. The Morgan fingerprint density at radius 3 is 2.07 bits per heavy atom. The van der Waals surface area contributed by atoms with Gasteiger partial charge in [-0.05, 0) is 18.8 Å². The predicted molar refractivity (Wildman–Crippen MR) is 97.5 cm³/mol. The maximum atomic E-state index is 12.3. The Labute approximate surface area is 162 Å². The molecule has 4 amide bonds. The monoisotopic (exact) mass is 403 g/mol. The molecule has 160 valence electrons. The molecule has 0 rings (SSSR count). The minimum absolute atomic E-state index is 0.0999. The Balaban J connectivity index is 4.83. The summed E-state index contributed by atoms with van der Waals surface area (Å²) in [6, 6.07) is -3.52. The highest BCUT2D eigenvalue weighted by Gasteiger charge is 2.25. The van der Waals surface area contributed by atoms with Gasteiger partial charge in [0.1, 0.15) is 12.1 Å². The highest BCUT2D eigenvalue weighted by molar-refractivity contribution is 5.92. The SMILES string of the molecule is CC(C)CC(N)C(=O)NC(CCC(N)=O)C(=O)NCC(=O)NC(CO)C(=O)O. The van der Waals surface area contributed by atoms with E-state index in [0.717, 1.165) is 0 Å². The van der Waals surface area contributed by atoms with Gasteiger partial charge in [0.25, 0.3) is 0 Å². The van der Waals surface area contributed by atoms with E-state index in [0.29, 0.717) is 6.42 Å². The van der Waals surface area contributed by atoms with Crippen molar-refractivity contribution in [3.63, 3.8) is 0 Å². The van der Waals surface area contributed by atoms with E-state index in [9.17, 15) is 24.0 Å². The van der Waals surface area contributed by atoms with Crippen LogP contribution in [0.25, 0.3) is 0 Å². The smallest absolute Gasteiger partial charge is 0.328 e. The largest absolute Gasteiger partial charge is 0.480 e. The number of nitrogens with two attached hydrogens (primary N) is 2. The van der Waals surface area contributed by atoms with Crippen molar-refractivity contribution in [1.82, 2.24) is 16.0 Å². The molecule has 0 aromatic heterocycles. The van der Waals surface area contributed by atoms with E-state index in [1.54, 1.807) is 0 Å². The van der Waals surface area contributed by atoms with Crippen LogP contribution in [-0.4, -0.2) is 71.1 Å². The molecular weight excluding hydrogens is 374 g/mol. The molecule has 9 N–H and O–H groups in total. The number of hydrogen-bond donors (Lipinski definition) is 7. The van der Waals surface area contributed by atoms with Gasteiger partial charge in [-0.2, -0.15) is 0 Å². The molecule has 0 radical (unpaired) electrons. The second-order valence-corrected chi connectivity index (χ2v) is 6.66. The first-order valence-corrected chi connectivity index (χ1v) is 8.72. The van der Waals surface area contributed by atoms with Crippen molar-refractivity contribution in [2.75, 3.05) is 13.2 Å². The summed E-state index contributed by atoms with van der Waals surface area (Å²) in [5, 5.41) is 24.3. The van der Waals surface area contributed by atoms with Crippen molar-refractivity contribution in [2.45, 2.75) is 51.2 Å². The first-order valence-electron chi connectivity index (χ1n) is 8.72. The molecule has 0 saturated heterocycles. The summed E-state index contributed by atoms with van der Waals surface area (Å²) in [6.45, 7) is 2.34. The van der Waals surface area contributed by atoms with Crippen LogP contribution in [0.15, 0.2) is 0 Å². The number of aliphatic hydroxyl groups is 1. The second kappa shape index (κ2) is 12.6. The summed E-state index contributed by atoms with van der Waals surface area (Å²) in [5.41, 5.74) is 10.8. The minimum Gasteiger partial charge on any atom is -0.480 e. The van der Waals surface area contributed by atoms with Crippen LogP contribution in [0, 0.1) is 5.92 Å². The van der Waals surface area contributed by atoms with Gasteiger partial charge in [0.05, 0.1) is 19.2 Å². The molecule has 0 aliphatic rings. The van der Waals surface area contributed by atoms with Crippen LogP contribution in [-0.2, 0) is 24.0 Å². The molecule has 3 unspecified atom stereocenters. The Hall–Kier alpha value is -2.73. The molecule has 0 aliphatic heterocycles. The zero-order valence-electron chi connectivity index (χ0n) is 15.9. The number of rotatable bonds is 13. The van der Waals surface area contributed by atoms with Gasteiger partial charge in [-0.25, -0.2) is 4.79 Å². The highest BCUT2D eigenvalue weighted by atomic mass is 16.4. The highest BCUT2D eigenvalue weighted by Crippen LogP contribution is 2.04. The normalized spacial score (nSPS) is 13.9. The lowest BCUT2D eigenvalue weighted by Crippen LogP contribution is -2.54. The van der Waals surface area contributed by atoms with Gasteiger partial charge in [0, 0.05) is 6.42 Å². The summed E-state index contributed by atoms with van der Waals surface area (Å²) in [7, 11) is 0. The number of aliphatic carboxylic acids is 1. The number of carbonyl (C=O) groups excluding carboxylic acids is 4. The zero-order chi connectivity index (χ0) is 21.9. The molecular formula is C16H29N5O7. The van der Waals surface area contributed by atoms with E-state index in [1.807, 2.05) is 19.2 Å². The van der Waals surface area contributed by atoms with E-state index < -0.39 is 60.9 Å². The topological polar surface area (TPSA) is 214 Å². The molecule has 0 fully saturated rings. The van der Waals surface area contributed by atoms with Gasteiger partial charge < -0.3 is 37.6 Å². The number of carboxylic acids is 1. The number of aliphatic hydroxyl groups excluding tert-OH is 1. The van der Waals surface area contributed by atoms with Crippen LogP contribution in [0.2, 0.25) is 0 Å². The third-order valence-corrected chi connectivity index (χ3v) is 3.61. The average Bonchev–Trinajstić information content (AvgIpc) is 2.59. The molecule has 0 heterocycles. The average molecular weight is 403 g/mol.